The Bertz CT molecular complexity index is 1450. The zero-order valence-electron chi connectivity index (χ0n) is 21.8. The number of carbonyl (C=O) groups is 2. The fraction of sp³-hybridized carbons (Fsp3) is 0.333. The summed E-state index contributed by atoms with van der Waals surface area (Å²) in [7, 11) is 0. The Morgan fingerprint density at radius 3 is 2.36 bits per heavy atom. The average molecular weight is 545 g/mol. The van der Waals surface area contributed by atoms with Gasteiger partial charge in [-0.1, -0.05) is 30.8 Å². The summed E-state index contributed by atoms with van der Waals surface area (Å²) in [4.78, 5) is 28.6. The molecule has 0 atom stereocenters. The number of nitrogens with one attached hydrogen (secondary N) is 2. The predicted molar refractivity (Wildman–Crippen MR) is 135 cm³/mol. The third kappa shape index (κ3) is 6.67. The molecule has 39 heavy (non-hydrogen) atoms. The van der Waals surface area contributed by atoms with E-state index in [1.807, 2.05) is 13.8 Å². The van der Waals surface area contributed by atoms with Crippen LogP contribution in [0.4, 0.5) is 13.2 Å². The number of nitrogens with zero attached hydrogens (tertiary/aromatic N) is 2. The summed E-state index contributed by atoms with van der Waals surface area (Å²) in [5, 5.41) is 29.8. The van der Waals surface area contributed by atoms with Gasteiger partial charge in [0.25, 0.3) is 11.8 Å². The maximum Gasteiger partial charge on any atom is 0.433 e. The highest BCUT2D eigenvalue weighted by molar-refractivity contribution is 5.97. The van der Waals surface area contributed by atoms with Crippen molar-refractivity contribution in [2.24, 2.45) is 0 Å². The number of aromatic hydroxyl groups is 2. The molecule has 206 valence electrons. The molecule has 0 bridgehead atoms. The number of pyridine rings is 1. The molecule has 9 nitrogen and oxygen atoms in total. The fourth-order valence-corrected chi connectivity index (χ4v) is 3.53. The first-order valence-corrected chi connectivity index (χ1v) is 11.9. The van der Waals surface area contributed by atoms with E-state index in [9.17, 15) is 33.0 Å². The molecule has 3 rings (SSSR count). The van der Waals surface area contributed by atoms with Crippen molar-refractivity contribution in [3.05, 3.63) is 58.5 Å². The molecule has 0 aliphatic heterocycles. The molecule has 12 heteroatoms. The zero-order valence-corrected chi connectivity index (χ0v) is 21.8. The van der Waals surface area contributed by atoms with Crippen molar-refractivity contribution in [2.45, 2.75) is 52.3 Å². The van der Waals surface area contributed by atoms with Crippen LogP contribution in [0.5, 0.6) is 11.5 Å². The molecule has 3 aromatic rings. The highest BCUT2D eigenvalue weighted by Gasteiger charge is 2.32. The standard InChI is InChI=1S/C27H27F3N4O5/c1-6-31-25(38)22-16(23(39-34-22)18-11-17(14(2)3)19(35)12-20(18)36)9-10-26(4,5)33-24(37)15-7-8-21(32-13-15)27(28,29)30/h7-8,11-14,35-36H,6H2,1-5H3,(H,31,38)(H,33,37). The summed E-state index contributed by atoms with van der Waals surface area (Å²) >= 11 is 0. The Morgan fingerprint density at radius 2 is 1.79 bits per heavy atom. The summed E-state index contributed by atoms with van der Waals surface area (Å²) in [5.74, 6) is 3.71. The summed E-state index contributed by atoms with van der Waals surface area (Å²) in [6.45, 7) is 8.77. The smallest absolute Gasteiger partial charge is 0.433 e. The second-order valence-electron chi connectivity index (χ2n) is 9.44. The minimum absolute atomic E-state index is 0.0233. The molecule has 2 heterocycles. The van der Waals surface area contributed by atoms with Crippen LogP contribution in [-0.2, 0) is 6.18 Å². The number of benzene rings is 1. The maximum absolute atomic E-state index is 12.8. The van der Waals surface area contributed by atoms with E-state index in [4.69, 9.17) is 4.52 Å². The normalized spacial score (nSPS) is 11.6. The molecule has 0 spiro atoms. The quantitative estimate of drug-likeness (QED) is 0.333. The van der Waals surface area contributed by atoms with Crippen molar-refractivity contribution in [1.29, 1.82) is 0 Å². The first-order chi connectivity index (χ1) is 18.1. The molecule has 0 unspecified atom stereocenters. The average Bonchev–Trinajstić information content (AvgIpc) is 3.26. The summed E-state index contributed by atoms with van der Waals surface area (Å²) in [5.41, 5.74) is -1.97. The second kappa shape index (κ2) is 11.1. The molecule has 0 saturated heterocycles. The molecule has 1 aromatic carbocycles. The van der Waals surface area contributed by atoms with Crippen molar-refractivity contribution in [1.82, 2.24) is 20.8 Å². The first kappa shape index (κ1) is 29.0. The van der Waals surface area contributed by atoms with Crippen LogP contribution < -0.4 is 10.6 Å². The van der Waals surface area contributed by atoms with Crippen molar-refractivity contribution in [3.8, 4) is 34.7 Å². The van der Waals surface area contributed by atoms with Gasteiger partial charge in [0, 0.05) is 18.8 Å². The topological polar surface area (TPSA) is 138 Å². The van der Waals surface area contributed by atoms with E-state index in [-0.39, 0.29) is 45.6 Å². The number of phenolic OH excluding ortho intramolecular Hbond substituents is 2. The van der Waals surface area contributed by atoms with Crippen molar-refractivity contribution < 1.29 is 37.5 Å². The SMILES string of the molecule is CCNC(=O)c1noc(-c2cc(C(C)C)c(O)cc2O)c1C#CC(C)(C)NC(=O)c1ccc(C(F)(F)F)nc1. The lowest BCUT2D eigenvalue weighted by atomic mass is 9.96. The van der Waals surface area contributed by atoms with Crippen LogP contribution in [0.2, 0.25) is 0 Å². The van der Waals surface area contributed by atoms with Gasteiger partial charge in [0.2, 0.25) is 0 Å². The highest BCUT2D eigenvalue weighted by atomic mass is 19.4. The highest BCUT2D eigenvalue weighted by Crippen LogP contribution is 2.39. The van der Waals surface area contributed by atoms with Crippen LogP contribution in [0.1, 0.15) is 78.2 Å². The lowest BCUT2D eigenvalue weighted by Gasteiger charge is -2.20. The number of phenols is 2. The van der Waals surface area contributed by atoms with Gasteiger partial charge in [-0.2, -0.15) is 13.2 Å². The van der Waals surface area contributed by atoms with Crippen LogP contribution in [0.3, 0.4) is 0 Å². The van der Waals surface area contributed by atoms with Crippen molar-refractivity contribution in [3.63, 3.8) is 0 Å². The Labute approximate surface area is 222 Å². The lowest BCUT2D eigenvalue weighted by molar-refractivity contribution is -0.141. The Hall–Kier alpha value is -4.53. The number of amides is 2. The van der Waals surface area contributed by atoms with E-state index in [1.165, 1.54) is 6.07 Å². The Kier molecular flexibility index (Phi) is 8.24. The predicted octanol–water partition coefficient (Wildman–Crippen LogP) is 4.60. The van der Waals surface area contributed by atoms with Crippen molar-refractivity contribution >= 4 is 11.8 Å². The number of carbonyl (C=O) groups excluding carboxylic acids is 2. The van der Waals surface area contributed by atoms with Gasteiger partial charge in [0.15, 0.2) is 11.5 Å². The molecule has 0 aliphatic carbocycles. The third-order valence-electron chi connectivity index (χ3n) is 5.50. The maximum atomic E-state index is 12.8. The molecule has 0 saturated carbocycles. The molecule has 4 N–H and O–H groups in total. The van der Waals surface area contributed by atoms with Gasteiger partial charge in [-0.25, -0.2) is 0 Å². The first-order valence-electron chi connectivity index (χ1n) is 11.9. The van der Waals surface area contributed by atoms with E-state index in [2.05, 4.69) is 32.6 Å². The van der Waals surface area contributed by atoms with Gasteiger partial charge in [0.05, 0.1) is 16.7 Å². The van der Waals surface area contributed by atoms with Crippen LogP contribution >= 0.6 is 0 Å². The van der Waals surface area contributed by atoms with E-state index < -0.39 is 29.2 Å². The number of hydrogen-bond acceptors (Lipinski definition) is 7. The zero-order chi connectivity index (χ0) is 29.1. The molecule has 2 amide bonds. The minimum atomic E-state index is -4.64. The van der Waals surface area contributed by atoms with Crippen molar-refractivity contribution in [2.75, 3.05) is 6.54 Å². The number of alkyl halides is 3. The Balaban J connectivity index is 2.01. The van der Waals surface area contributed by atoms with Crippen LogP contribution in [0.25, 0.3) is 11.3 Å². The van der Waals surface area contributed by atoms with Gasteiger partial charge in [-0.3, -0.25) is 14.6 Å². The van der Waals surface area contributed by atoms with Gasteiger partial charge in [-0.15, -0.1) is 0 Å². The van der Waals surface area contributed by atoms with E-state index in [0.717, 1.165) is 18.3 Å². The monoisotopic (exact) mass is 544 g/mol. The van der Waals surface area contributed by atoms with Gasteiger partial charge < -0.3 is 25.4 Å². The number of hydrogen-bond donors (Lipinski definition) is 4. The number of aromatic nitrogens is 2. The van der Waals surface area contributed by atoms with Crippen LogP contribution in [0.15, 0.2) is 35.0 Å². The lowest BCUT2D eigenvalue weighted by Crippen LogP contribution is -2.42. The Morgan fingerprint density at radius 1 is 1.10 bits per heavy atom. The van der Waals surface area contributed by atoms with E-state index >= 15 is 0 Å². The number of rotatable bonds is 6. The molecule has 0 aliphatic rings. The van der Waals surface area contributed by atoms with E-state index in [0.29, 0.717) is 18.2 Å². The summed E-state index contributed by atoms with van der Waals surface area (Å²) < 4.78 is 43.7. The molecular formula is C27H27F3N4O5. The van der Waals surface area contributed by atoms with Crippen LogP contribution in [-0.4, -0.2) is 44.3 Å². The summed E-state index contributed by atoms with van der Waals surface area (Å²) in [6.07, 6.45) is -3.83. The molecule has 0 fully saturated rings. The third-order valence-corrected chi connectivity index (χ3v) is 5.50. The fourth-order valence-electron chi connectivity index (χ4n) is 3.53. The largest absolute Gasteiger partial charge is 0.508 e. The molecule has 0 radical (unpaired) electrons. The van der Waals surface area contributed by atoms with Gasteiger partial charge in [-0.05, 0) is 50.5 Å². The number of halogens is 3. The van der Waals surface area contributed by atoms with Crippen LogP contribution in [0, 0.1) is 11.8 Å². The molecular weight excluding hydrogens is 517 g/mol. The minimum Gasteiger partial charge on any atom is -0.508 e. The van der Waals surface area contributed by atoms with Gasteiger partial charge >= 0.3 is 6.18 Å². The van der Waals surface area contributed by atoms with Gasteiger partial charge in [0.1, 0.15) is 22.8 Å². The molecule has 2 aromatic heterocycles. The summed E-state index contributed by atoms with van der Waals surface area (Å²) in [6, 6.07) is 4.36. The van der Waals surface area contributed by atoms with E-state index in [1.54, 1.807) is 20.8 Å². The second-order valence-corrected chi connectivity index (χ2v) is 9.44.